The second-order valence-electron chi connectivity index (χ2n) is 8.86. The molecule has 0 atom stereocenters. The summed E-state index contributed by atoms with van der Waals surface area (Å²) in [6.45, 7) is 7.23. The number of ether oxygens (including phenoxy) is 1. The molecule has 1 aliphatic rings. The summed E-state index contributed by atoms with van der Waals surface area (Å²) in [6, 6.07) is 14.9. The number of fused-ring (bicyclic) bond motifs is 1. The average Bonchev–Trinajstić information content (AvgIpc) is 3.32. The lowest BCUT2D eigenvalue weighted by atomic mass is 10.1. The van der Waals surface area contributed by atoms with Crippen molar-refractivity contribution in [3.63, 3.8) is 0 Å². The van der Waals surface area contributed by atoms with Gasteiger partial charge in [-0.15, -0.1) is 0 Å². The Balaban J connectivity index is 1.24. The first-order valence-electron chi connectivity index (χ1n) is 11.8. The number of aromatic nitrogens is 3. The predicted octanol–water partition coefficient (Wildman–Crippen LogP) is 3.79. The number of urea groups is 1. The highest BCUT2D eigenvalue weighted by Crippen LogP contribution is 2.27. The van der Waals surface area contributed by atoms with E-state index in [-0.39, 0.29) is 11.6 Å². The average molecular weight is 505 g/mol. The molecular weight excluding hydrogens is 476 g/mol. The number of carbonyl (C=O) groups is 1. The van der Waals surface area contributed by atoms with Gasteiger partial charge < -0.3 is 15.0 Å². The number of nitrogens with zero attached hydrogens (tertiary/aromatic N) is 5. The number of benzene rings is 2. The van der Waals surface area contributed by atoms with Crippen molar-refractivity contribution in [3.8, 4) is 16.3 Å². The fourth-order valence-corrected chi connectivity index (χ4v) is 5.15. The molecule has 2 amide bonds. The zero-order valence-electron chi connectivity index (χ0n) is 20.5. The topological polar surface area (TPSA) is 92.1 Å². The van der Waals surface area contributed by atoms with Crippen LogP contribution in [0.2, 0.25) is 0 Å². The first kappa shape index (κ1) is 24.0. The number of methoxy groups -OCH3 is 1. The number of carbonyl (C=O) groups excluding carboxylic acids is 1. The third-order valence-corrected chi connectivity index (χ3v) is 7.46. The van der Waals surface area contributed by atoms with Gasteiger partial charge in [-0.25, -0.2) is 9.78 Å². The molecule has 0 aliphatic carbocycles. The number of hydrogen-bond acceptors (Lipinski definition) is 7. The molecule has 3 heterocycles. The van der Waals surface area contributed by atoms with Gasteiger partial charge >= 0.3 is 6.03 Å². The predicted molar refractivity (Wildman–Crippen MR) is 141 cm³/mol. The normalized spacial score (nSPS) is 14.2. The van der Waals surface area contributed by atoms with E-state index in [4.69, 9.17) is 9.72 Å². The maximum absolute atomic E-state index is 12.8. The molecule has 1 fully saturated rings. The van der Waals surface area contributed by atoms with Crippen LogP contribution in [0.4, 0.5) is 10.5 Å². The van der Waals surface area contributed by atoms with Crippen LogP contribution in [0, 0.1) is 13.8 Å². The molecule has 10 heteroatoms. The van der Waals surface area contributed by atoms with Crippen LogP contribution in [-0.4, -0.2) is 63.7 Å². The molecule has 1 saturated heterocycles. The molecule has 36 heavy (non-hydrogen) atoms. The maximum atomic E-state index is 12.8. The minimum absolute atomic E-state index is 0.0872. The van der Waals surface area contributed by atoms with Crippen molar-refractivity contribution in [1.29, 1.82) is 0 Å². The summed E-state index contributed by atoms with van der Waals surface area (Å²) in [5.41, 5.74) is 4.45. The molecule has 0 spiro atoms. The Hall–Kier alpha value is -3.76. The summed E-state index contributed by atoms with van der Waals surface area (Å²) in [5.74, 6) is 0.731. The molecule has 0 radical (unpaired) electrons. The molecule has 5 rings (SSSR count). The maximum Gasteiger partial charge on any atom is 0.321 e. The van der Waals surface area contributed by atoms with Gasteiger partial charge in [-0.2, -0.15) is 9.61 Å². The Morgan fingerprint density at radius 2 is 1.86 bits per heavy atom. The second-order valence-corrected chi connectivity index (χ2v) is 9.82. The van der Waals surface area contributed by atoms with Crippen molar-refractivity contribution in [2.75, 3.05) is 38.6 Å². The van der Waals surface area contributed by atoms with Gasteiger partial charge in [0.15, 0.2) is 0 Å². The van der Waals surface area contributed by atoms with Gasteiger partial charge in [0.05, 0.1) is 12.8 Å². The van der Waals surface area contributed by atoms with Gasteiger partial charge in [0, 0.05) is 50.0 Å². The van der Waals surface area contributed by atoms with Crippen molar-refractivity contribution < 1.29 is 9.53 Å². The van der Waals surface area contributed by atoms with Crippen molar-refractivity contribution in [2.24, 2.45) is 0 Å². The van der Waals surface area contributed by atoms with Gasteiger partial charge in [0.1, 0.15) is 10.8 Å². The van der Waals surface area contributed by atoms with E-state index in [0.29, 0.717) is 48.4 Å². The second kappa shape index (κ2) is 10.1. The molecule has 4 aromatic rings. The van der Waals surface area contributed by atoms with Crippen LogP contribution in [0.15, 0.2) is 53.3 Å². The smallest absolute Gasteiger partial charge is 0.321 e. The number of piperazine rings is 1. The lowest BCUT2D eigenvalue weighted by Gasteiger charge is -2.34. The van der Waals surface area contributed by atoms with Gasteiger partial charge in [-0.05, 0) is 43.2 Å². The van der Waals surface area contributed by atoms with E-state index in [1.165, 1.54) is 15.9 Å². The summed E-state index contributed by atoms with van der Waals surface area (Å²) < 4.78 is 6.64. The molecule has 2 aromatic heterocycles. The fraction of sp³-hybridized carbons (Fsp3) is 0.308. The molecule has 1 aliphatic heterocycles. The van der Waals surface area contributed by atoms with Crippen LogP contribution in [-0.2, 0) is 6.54 Å². The summed E-state index contributed by atoms with van der Waals surface area (Å²) in [6.07, 6.45) is 0. The first-order chi connectivity index (χ1) is 17.4. The van der Waals surface area contributed by atoms with Gasteiger partial charge in [0.2, 0.25) is 4.96 Å². The molecule has 2 aromatic carbocycles. The summed E-state index contributed by atoms with van der Waals surface area (Å²) >= 11 is 1.37. The summed E-state index contributed by atoms with van der Waals surface area (Å²) in [7, 11) is 1.62. The van der Waals surface area contributed by atoms with Crippen LogP contribution >= 0.6 is 11.3 Å². The zero-order chi connectivity index (χ0) is 25.2. The quantitative estimate of drug-likeness (QED) is 0.445. The molecule has 0 saturated carbocycles. The minimum Gasteiger partial charge on any atom is -0.497 e. The van der Waals surface area contributed by atoms with Crippen LogP contribution < -0.4 is 15.6 Å². The Morgan fingerprint density at radius 1 is 1.08 bits per heavy atom. The van der Waals surface area contributed by atoms with Crippen molar-refractivity contribution in [2.45, 2.75) is 20.4 Å². The minimum atomic E-state index is -0.202. The number of amides is 2. The molecule has 1 N–H and O–H groups in total. The van der Waals surface area contributed by atoms with E-state index in [1.807, 2.05) is 61.2 Å². The Bertz CT molecular complexity index is 1470. The number of nitrogens with one attached hydrogen (secondary N) is 1. The summed E-state index contributed by atoms with van der Waals surface area (Å²) in [5, 5.41) is 8.20. The number of hydrogen-bond donors (Lipinski definition) is 1. The van der Waals surface area contributed by atoms with E-state index >= 15 is 0 Å². The van der Waals surface area contributed by atoms with Crippen molar-refractivity contribution in [3.05, 3.63) is 75.7 Å². The monoisotopic (exact) mass is 504 g/mol. The van der Waals surface area contributed by atoms with E-state index in [0.717, 1.165) is 28.1 Å². The number of rotatable bonds is 5. The Kier molecular flexibility index (Phi) is 6.71. The molecule has 186 valence electrons. The van der Waals surface area contributed by atoms with E-state index in [9.17, 15) is 9.59 Å². The zero-order valence-corrected chi connectivity index (χ0v) is 21.3. The molecule has 0 unspecified atom stereocenters. The van der Waals surface area contributed by atoms with Crippen LogP contribution in [0.3, 0.4) is 0 Å². The highest BCUT2D eigenvalue weighted by Gasteiger charge is 2.22. The third-order valence-electron chi connectivity index (χ3n) is 6.51. The fourth-order valence-electron chi connectivity index (χ4n) is 4.23. The number of aryl methyl sites for hydroxylation is 1. The van der Waals surface area contributed by atoms with Crippen molar-refractivity contribution >= 4 is 28.0 Å². The van der Waals surface area contributed by atoms with Crippen molar-refractivity contribution in [1.82, 2.24) is 24.4 Å². The Labute approximate surface area is 213 Å². The molecule has 0 bridgehead atoms. The third kappa shape index (κ3) is 4.95. The van der Waals surface area contributed by atoms with Gasteiger partial charge in [-0.3, -0.25) is 9.69 Å². The van der Waals surface area contributed by atoms with Crippen LogP contribution in [0.25, 0.3) is 15.5 Å². The van der Waals surface area contributed by atoms with Crippen LogP contribution in [0.1, 0.15) is 16.8 Å². The van der Waals surface area contributed by atoms with E-state index < -0.39 is 0 Å². The highest BCUT2D eigenvalue weighted by molar-refractivity contribution is 7.19. The Morgan fingerprint density at radius 3 is 2.64 bits per heavy atom. The standard InChI is InChI=1S/C26H28N6O3S/c1-17-6-4-9-22(18(17)2)28-25(34)31-12-10-30(11-13-31)16-20-15-23(33)32-26(27-20)36-24(29-32)19-7-5-8-21(14-19)35-3/h4-9,14-15H,10-13,16H2,1-3H3,(H,28,34). The van der Waals surface area contributed by atoms with E-state index in [1.54, 1.807) is 13.2 Å². The lowest BCUT2D eigenvalue weighted by Crippen LogP contribution is -2.49. The lowest BCUT2D eigenvalue weighted by molar-refractivity contribution is 0.142. The SMILES string of the molecule is COc1cccc(-c2nn3c(=O)cc(CN4CCN(C(=O)Nc5cccc(C)c5C)CC4)nc3s2)c1. The first-order valence-corrected chi connectivity index (χ1v) is 12.6. The molecule has 9 nitrogen and oxygen atoms in total. The van der Waals surface area contributed by atoms with Gasteiger partial charge in [-0.1, -0.05) is 35.6 Å². The highest BCUT2D eigenvalue weighted by atomic mass is 32.1. The largest absolute Gasteiger partial charge is 0.497 e. The van der Waals surface area contributed by atoms with Gasteiger partial charge in [0.25, 0.3) is 5.56 Å². The molecular formula is C26H28N6O3S. The van der Waals surface area contributed by atoms with E-state index in [2.05, 4.69) is 15.3 Å². The number of anilines is 1. The summed E-state index contributed by atoms with van der Waals surface area (Å²) in [4.78, 5) is 34.8. The van der Waals surface area contributed by atoms with Crippen LogP contribution in [0.5, 0.6) is 5.75 Å².